The molecule has 32 heavy (non-hydrogen) atoms. The van der Waals surface area contributed by atoms with Crippen LogP contribution in [0.5, 0.6) is 5.75 Å². The van der Waals surface area contributed by atoms with E-state index in [4.69, 9.17) is 14.8 Å². The molecule has 3 rings (SSSR count). The number of nitrogens with two attached hydrogens (primary N) is 1. The molecule has 9 heteroatoms. The maximum Gasteiger partial charge on any atom is 0.229 e. The van der Waals surface area contributed by atoms with Gasteiger partial charge in [-0.15, -0.1) is 0 Å². The van der Waals surface area contributed by atoms with Gasteiger partial charge in [0.2, 0.25) is 12.0 Å². The molecule has 0 spiro atoms. The van der Waals surface area contributed by atoms with E-state index in [1.165, 1.54) is 18.3 Å². The summed E-state index contributed by atoms with van der Waals surface area (Å²) < 4.78 is 24.9. The van der Waals surface area contributed by atoms with E-state index in [1.807, 2.05) is 36.4 Å². The van der Waals surface area contributed by atoms with Crippen molar-refractivity contribution in [3.63, 3.8) is 0 Å². The number of nitrogens with zero attached hydrogens (tertiary/aromatic N) is 2. The van der Waals surface area contributed by atoms with E-state index in [2.05, 4.69) is 4.98 Å². The Labute approximate surface area is 188 Å². The van der Waals surface area contributed by atoms with Crippen molar-refractivity contribution in [3.8, 4) is 5.75 Å². The lowest BCUT2D eigenvalue weighted by atomic mass is 9.86. The normalized spacial score (nSPS) is 20.8. The van der Waals surface area contributed by atoms with Crippen molar-refractivity contribution in [2.24, 2.45) is 5.50 Å². The van der Waals surface area contributed by atoms with E-state index in [0.717, 1.165) is 36.0 Å². The fourth-order valence-corrected chi connectivity index (χ4v) is 4.72. The Kier molecular flexibility index (Phi) is 8.85. The second-order valence-electron chi connectivity index (χ2n) is 7.55. The standard InChI is InChI=1S/C23H27FN3O4P/c1-17(27(28)29)14-19-8-5-9-22(31-32(25)16-18-6-3-2-4-7-18)21(19)12-13-30-20-10-11-23(24)26-15-20/h2-4,6-7,10-12,14-15,17,22H,5,8-9,13,16,25H2,1H3/b19-14-,21-12+. The zero-order valence-electron chi connectivity index (χ0n) is 17.9. The summed E-state index contributed by atoms with van der Waals surface area (Å²) in [5.41, 5.74) is 9.19. The fraction of sp³-hybridized carbons (Fsp3) is 0.348. The second-order valence-corrected chi connectivity index (χ2v) is 8.91. The van der Waals surface area contributed by atoms with Crippen molar-refractivity contribution in [2.45, 2.75) is 44.5 Å². The van der Waals surface area contributed by atoms with Gasteiger partial charge in [0.05, 0.1) is 12.3 Å². The predicted molar refractivity (Wildman–Crippen MR) is 122 cm³/mol. The molecule has 0 aliphatic heterocycles. The maximum atomic E-state index is 13.0. The van der Waals surface area contributed by atoms with E-state index in [-0.39, 0.29) is 17.6 Å². The summed E-state index contributed by atoms with van der Waals surface area (Å²) in [5.74, 6) is -0.143. The summed E-state index contributed by atoms with van der Waals surface area (Å²) in [6, 6.07) is 11.8. The number of ether oxygens (including phenoxy) is 1. The average molecular weight is 459 g/mol. The van der Waals surface area contributed by atoms with Crippen molar-refractivity contribution in [1.29, 1.82) is 0 Å². The minimum absolute atomic E-state index is 0.202. The van der Waals surface area contributed by atoms with Crippen LogP contribution in [-0.2, 0) is 10.7 Å². The zero-order valence-corrected chi connectivity index (χ0v) is 18.8. The summed E-state index contributed by atoms with van der Waals surface area (Å²) in [7, 11) is -1.22. The molecule has 2 N–H and O–H groups in total. The molecule has 2 aromatic rings. The summed E-state index contributed by atoms with van der Waals surface area (Å²) in [4.78, 5) is 14.5. The molecule has 170 valence electrons. The summed E-state index contributed by atoms with van der Waals surface area (Å²) in [6.07, 6.45) is 7.59. The fourth-order valence-electron chi connectivity index (χ4n) is 3.53. The summed E-state index contributed by atoms with van der Waals surface area (Å²) in [6.45, 7) is 1.76. The number of benzene rings is 1. The van der Waals surface area contributed by atoms with Crippen LogP contribution in [-0.4, -0.2) is 28.7 Å². The van der Waals surface area contributed by atoms with Gasteiger partial charge in [-0.25, -0.2) is 4.98 Å². The van der Waals surface area contributed by atoms with Crippen molar-refractivity contribution >= 4 is 8.30 Å². The molecule has 0 radical (unpaired) electrons. The molecule has 1 saturated carbocycles. The number of halogens is 1. The third kappa shape index (κ3) is 7.19. The van der Waals surface area contributed by atoms with Gasteiger partial charge < -0.3 is 9.26 Å². The molecule has 1 aliphatic rings. The van der Waals surface area contributed by atoms with Crippen LogP contribution in [0, 0.1) is 16.1 Å². The van der Waals surface area contributed by atoms with Gasteiger partial charge in [0.15, 0.2) is 0 Å². The SMILES string of the molecule is CC(/C=C1/CCCC(OP(N)Cc2ccccc2)/C1=C/COc1ccc(F)nc1)[N+](=O)[O-]. The van der Waals surface area contributed by atoms with E-state index in [0.29, 0.717) is 11.9 Å². The average Bonchev–Trinajstić information content (AvgIpc) is 2.77. The van der Waals surface area contributed by atoms with Crippen LogP contribution in [0.15, 0.2) is 72.0 Å². The lowest BCUT2D eigenvalue weighted by Gasteiger charge is -2.30. The Bertz CT molecular complexity index is 953. The van der Waals surface area contributed by atoms with E-state index in [1.54, 1.807) is 13.0 Å². The quantitative estimate of drug-likeness (QED) is 0.241. The Balaban J connectivity index is 1.75. The Morgan fingerprint density at radius 3 is 2.81 bits per heavy atom. The highest BCUT2D eigenvalue weighted by Gasteiger charge is 2.27. The number of rotatable bonds is 9. The summed E-state index contributed by atoms with van der Waals surface area (Å²) in [5, 5.41) is 11.2. The van der Waals surface area contributed by atoms with Crippen LogP contribution >= 0.6 is 8.30 Å². The number of hydrogen-bond donors (Lipinski definition) is 1. The molecule has 1 aromatic carbocycles. The highest BCUT2D eigenvalue weighted by atomic mass is 31.2. The molecule has 3 unspecified atom stereocenters. The van der Waals surface area contributed by atoms with Gasteiger partial charge in [-0.1, -0.05) is 30.3 Å². The van der Waals surface area contributed by atoms with Gasteiger partial charge >= 0.3 is 0 Å². The molecule has 0 saturated heterocycles. The van der Waals surface area contributed by atoms with Crippen molar-refractivity contribution in [3.05, 3.63) is 93.6 Å². The monoisotopic (exact) mass is 459 g/mol. The van der Waals surface area contributed by atoms with E-state index >= 15 is 0 Å². The topological polar surface area (TPSA) is 101 Å². The number of nitro groups is 1. The molecular formula is C23H27FN3O4P. The molecule has 7 nitrogen and oxygen atoms in total. The number of aromatic nitrogens is 1. The first-order chi connectivity index (χ1) is 15.4. The van der Waals surface area contributed by atoms with Gasteiger partial charge in [0.25, 0.3) is 0 Å². The van der Waals surface area contributed by atoms with Crippen LogP contribution in [0.3, 0.4) is 0 Å². The molecule has 1 fully saturated rings. The molecule has 1 heterocycles. The minimum atomic E-state index is -1.22. The Morgan fingerprint density at radius 1 is 1.34 bits per heavy atom. The number of hydrogen-bond acceptors (Lipinski definition) is 6. The van der Waals surface area contributed by atoms with Gasteiger partial charge in [-0.3, -0.25) is 15.6 Å². The smallest absolute Gasteiger partial charge is 0.229 e. The third-order valence-electron chi connectivity index (χ3n) is 5.10. The van der Waals surface area contributed by atoms with Crippen LogP contribution in [0.25, 0.3) is 0 Å². The first kappa shape index (κ1) is 24.0. The van der Waals surface area contributed by atoms with Gasteiger partial charge in [0.1, 0.15) is 20.7 Å². The Morgan fingerprint density at radius 2 is 2.12 bits per heavy atom. The first-order valence-electron chi connectivity index (χ1n) is 10.4. The first-order valence-corrected chi connectivity index (χ1v) is 12.0. The van der Waals surface area contributed by atoms with Crippen molar-refractivity contribution in [1.82, 2.24) is 4.98 Å². The van der Waals surface area contributed by atoms with Crippen LogP contribution in [0.4, 0.5) is 4.39 Å². The van der Waals surface area contributed by atoms with Crippen LogP contribution in [0.1, 0.15) is 31.7 Å². The zero-order chi connectivity index (χ0) is 22.9. The van der Waals surface area contributed by atoms with Gasteiger partial charge in [-0.05, 0) is 60.3 Å². The lowest BCUT2D eigenvalue weighted by molar-refractivity contribution is -0.505. The third-order valence-corrected chi connectivity index (χ3v) is 6.30. The minimum Gasteiger partial charge on any atom is -0.488 e. The van der Waals surface area contributed by atoms with Crippen molar-refractivity contribution < 1.29 is 18.6 Å². The predicted octanol–water partition coefficient (Wildman–Crippen LogP) is 5.16. The van der Waals surface area contributed by atoms with Crippen molar-refractivity contribution in [2.75, 3.05) is 6.61 Å². The molecule has 3 atom stereocenters. The molecule has 1 aromatic heterocycles. The molecule has 0 amide bonds. The van der Waals surface area contributed by atoms with E-state index < -0.39 is 20.3 Å². The van der Waals surface area contributed by atoms with Gasteiger partial charge in [0, 0.05) is 18.0 Å². The molecular weight excluding hydrogens is 432 g/mol. The van der Waals surface area contributed by atoms with E-state index in [9.17, 15) is 14.5 Å². The Hall–Kier alpha value is -2.67. The highest BCUT2D eigenvalue weighted by Crippen LogP contribution is 2.41. The summed E-state index contributed by atoms with van der Waals surface area (Å²) >= 11 is 0. The largest absolute Gasteiger partial charge is 0.488 e. The highest BCUT2D eigenvalue weighted by molar-refractivity contribution is 7.49. The van der Waals surface area contributed by atoms with Crippen LogP contribution in [0.2, 0.25) is 0 Å². The molecule has 1 aliphatic carbocycles. The number of pyridine rings is 1. The molecule has 0 bridgehead atoms. The second kappa shape index (κ2) is 11.8. The van der Waals surface area contributed by atoms with Crippen LogP contribution < -0.4 is 10.2 Å². The van der Waals surface area contributed by atoms with Gasteiger partial charge in [-0.2, -0.15) is 4.39 Å². The maximum absolute atomic E-state index is 13.0. The lowest BCUT2D eigenvalue weighted by Crippen LogP contribution is -2.24.